The highest BCUT2D eigenvalue weighted by Gasteiger charge is 2.39. The Labute approximate surface area is 200 Å². The lowest BCUT2D eigenvalue weighted by atomic mass is 9.79. The van der Waals surface area contributed by atoms with Crippen LogP contribution >= 0.6 is 0 Å². The Balaban J connectivity index is 1.17. The number of hydrogen-bond acceptors (Lipinski definition) is 5. The normalized spacial score (nSPS) is 21.3. The van der Waals surface area contributed by atoms with Crippen molar-refractivity contribution in [2.75, 3.05) is 33.7 Å². The van der Waals surface area contributed by atoms with Crippen molar-refractivity contribution in [3.8, 4) is 5.75 Å². The van der Waals surface area contributed by atoms with Crippen LogP contribution in [0, 0.1) is 0 Å². The second-order valence-corrected chi connectivity index (χ2v) is 9.64. The van der Waals surface area contributed by atoms with Gasteiger partial charge in [-0.25, -0.2) is 4.79 Å². The average Bonchev–Trinajstić information content (AvgIpc) is 3.36. The summed E-state index contributed by atoms with van der Waals surface area (Å²) in [7, 11) is 3.38. The maximum absolute atomic E-state index is 12.6. The Bertz CT molecular complexity index is 1090. The molecule has 2 aliphatic heterocycles. The summed E-state index contributed by atoms with van der Waals surface area (Å²) in [4.78, 5) is 42.6. The van der Waals surface area contributed by atoms with Crippen molar-refractivity contribution >= 4 is 17.9 Å². The zero-order valence-electron chi connectivity index (χ0n) is 19.8. The highest BCUT2D eigenvalue weighted by atomic mass is 16.6. The highest BCUT2D eigenvalue weighted by Crippen LogP contribution is 2.44. The third kappa shape index (κ3) is 3.98. The molecule has 2 heterocycles. The molecule has 2 aromatic carbocycles. The summed E-state index contributed by atoms with van der Waals surface area (Å²) < 4.78 is 5.63. The minimum Gasteiger partial charge on any atom is -0.410 e. The van der Waals surface area contributed by atoms with Crippen LogP contribution in [-0.4, -0.2) is 72.4 Å². The van der Waals surface area contributed by atoms with Crippen LogP contribution in [0.3, 0.4) is 0 Å². The molecule has 0 saturated carbocycles. The average molecular weight is 462 g/mol. The Morgan fingerprint density at radius 2 is 1.68 bits per heavy atom. The van der Waals surface area contributed by atoms with Gasteiger partial charge in [0.05, 0.1) is 11.1 Å². The molecular formula is C27H31N3O4. The number of hydrogen-bond donors (Lipinski definition) is 0. The van der Waals surface area contributed by atoms with Crippen molar-refractivity contribution in [2.24, 2.45) is 0 Å². The molecule has 5 rings (SSSR count). The second-order valence-electron chi connectivity index (χ2n) is 9.64. The van der Waals surface area contributed by atoms with Gasteiger partial charge in [0.1, 0.15) is 5.75 Å². The van der Waals surface area contributed by atoms with Crippen molar-refractivity contribution in [3.05, 3.63) is 64.7 Å². The fourth-order valence-electron chi connectivity index (χ4n) is 5.74. The number of amides is 3. The molecule has 2 atom stereocenters. The van der Waals surface area contributed by atoms with E-state index in [1.165, 1.54) is 20.9 Å². The SMILES string of the molecule is CN(C)C(=O)Oc1cccc2c1CCC1C2CCN1CCCCN1C(=O)c2ccccc2C1=O. The molecule has 178 valence electrons. The minimum absolute atomic E-state index is 0.170. The predicted octanol–water partition coefficient (Wildman–Crippen LogP) is 3.93. The van der Waals surface area contributed by atoms with Gasteiger partial charge in [0, 0.05) is 32.6 Å². The zero-order valence-corrected chi connectivity index (χ0v) is 19.8. The molecule has 0 N–H and O–H groups in total. The number of fused-ring (bicyclic) bond motifs is 4. The molecule has 1 saturated heterocycles. The summed E-state index contributed by atoms with van der Waals surface area (Å²) in [5.74, 6) is 0.806. The first-order valence-electron chi connectivity index (χ1n) is 12.2. The van der Waals surface area contributed by atoms with E-state index >= 15 is 0 Å². The lowest BCUT2D eigenvalue weighted by Gasteiger charge is -2.34. The first kappa shape index (κ1) is 22.6. The summed E-state index contributed by atoms with van der Waals surface area (Å²) in [6, 6.07) is 13.6. The first-order valence-corrected chi connectivity index (χ1v) is 12.2. The number of carbonyl (C=O) groups is 3. The summed E-state index contributed by atoms with van der Waals surface area (Å²) in [6.45, 7) is 2.48. The summed E-state index contributed by atoms with van der Waals surface area (Å²) in [5, 5.41) is 0. The van der Waals surface area contributed by atoms with Gasteiger partial charge in [-0.3, -0.25) is 19.4 Å². The molecule has 0 bridgehead atoms. The smallest absolute Gasteiger partial charge is 0.410 e. The lowest BCUT2D eigenvalue weighted by Crippen LogP contribution is -2.36. The van der Waals surface area contributed by atoms with Crippen LogP contribution in [0.25, 0.3) is 0 Å². The third-order valence-corrected chi connectivity index (χ3v) is 7.44. The first-order chi connectivity index (χ1) is 16.5. The molecule has 1 aliphatic carbocycles. The van der Waals surface area contributed by atoms with Crippen molar-refractivity contribution in [1.29, 1.82) is 0 Å². The van der Waals surface area contributed by atoms with Crippen molar-refractivity contribution < 1.29 is 19.1 Å². The van der Waals surface area contributed by atoms with Gasteiger partial charge >= 0.3 is 6.09 Å². The van der Waals surface area contributed by atoms with E-state index in [0.29, 0.717) is 35.4 Å². The topological polar surface area (TPSA) is 70.2 Å². The van der Waals surface area contributed by atoms with E-state index in [-0.39, 0.29) is 17.9 Å². The standard InChI is InChI=1S/C27H31N3O4/c1-28(2)27(33)34-24-11-7-10-18-19-14-17-29(23(19)13-12-20(18)24)15-5-6-16-30-25(31)21-8-3-4-9-22(21)26(30)32/h3-4,7-11,19,23H,5-6,12-17H2,1-2H3. The van der Waals surface area contributed by atoms with E-state index in [1.807, 2.05) is 12.1 Å². The van der Waals surface area contributed by atoms with Gasteiger partial charge in [-0.15, -0.1) is 0 Å². The predicted molar refractivity (Wildman–Crippen MR) is 128 cm³/mol. The van der Waals surface area contributed by atoms with Crippen LogP contribution in [0.15, 0.2) is 42.5 Å². The van der Waals surface area contributed by atoms with E-state index in [0.717, 1.165) is 45.2 Å². The van der Waals surface area contributed by atoms with E-state index in [1.54, 1.807) is 38.4 Å². The van der Waals surface area contributed by atoms with Gasteiger partial charge in [-0.2, -0.15) is 0 Å². The Hall–Kier alpha value is -3.19. The van der Waals surface area contributed by atoms with E-state index in [4.69, 9.17) is 4.74 Å². The van der Waals surface area contributed by atoms with Crippen LogP contribution in [0.2, 0.25) is 0 Å². The number of ether oxygens (including phenoxy) is 1. The molecular weight excluding hydrogens is 430 g/mol. The molecule has 7 heteroatoms. The molecule has 2 aromatic rings. The minimum atomic E-state index is -0.346. The number of benzene rings is 2. The number of imide groups is 1. The molecule has 0 spiro atoms. The van der Waals surface area contributed by atoms with Gasteiger partial charge in [-0.1, -0.05) is 24.3 Å². The second kappa shape index (κ2) is 9.22. The molecule has 3 amide bonds. The van der Waals surface area contributed by atoms with Gasteiger partial charge < -0.3 is 9.64 Å². The molecule has 7 nitrogen and oxygen atoms in total. The fourth-order valence-corrected chi connectivity index (χ4v) is 5.74. The third-order valence-electron chi connectivity index (χ3n) is 7.44. The quantitative estimate of drug-likeness (QED) is 0.482. The van der Waals surface area contributed by atoms with Gasteiger partial charge in [0.2, 0.25) is 0 Å². The fraction of sp³-hybridized carbons (Fsp3) is 0.444. The Morgan fingerprint density at radius 1 is 0.971 bits per heavy atom. The monoisotopic (exact) mass is 461 g/mol. The van der Waals surface area contributed by atoms with Crippen LogP contribution in [0.4, 0.5) is 4.79 Å². The Morgan fingerprint density at radius 3 is 2.38 bits per heavy atom. The number of likely N-dealkylation sites (tertiary alicyclic amines) is 1. The van der Waals surface area contributed by atoms with E-state index in [9.17, 15) is 14.4 Å². The summed E-state index contributed by atoms with van der Waals surface area (Å²) in [5.41, 5.74) is 3.53. The van der Waals surface area contributed by atoms with Crippen molar-refractivity contribution in [1.82, 2.24) is 14.7 Å². The van der Waals surface area contributed by atoms with Crippen molar-refractivity contribution in [2.45, 2.75) is 44.1 Å². The van der Waals surface area contributed by atoms with Crippen LogP contribution in [-0.2, 0) is 6.42 Å². The van der Waals surface area contributed by atoms with Crippen LogP contribution < -0.4 is 4.74 Å². The van der Waals surface area contributed by atoms with Gasteiger partial charge in [0.15, 0.2) is 0 Å². The maximum atomic E-state index is 12.6. The number of unbranched alkanes of at least 4 members (excludes halogenated alkanes) is 1. The van der Waals surface area contributed by atoms with E-state index < -0.39 is 0 Å². The lowest BCUT2D eigenvalue weighted by molar-refractivity contribution is 0.0649. The maximum Gasteiger partial charge on any atom is 0.414 e. The molecule has 2 unspecified atom stereocenters. The largest absolute Gasteiger partial charge is 0.414 e. The number of rotatable bonds is 6. The van der Waals surface area contributed by atoms with Gasteiger partial charge in [0.25, 0.3) is 11.8 Å². The van der Waals surface area contributed by atoms with Crippen LogP contribution in [0.5, 0.6) is 5.75 Å². The highest BCUT2D eigenvalue weighted by molar-refractivity contribution is 6.21. The molecule has 0 aromatic heterocycles. The van der Waals surface area contributed by atoms with Crippen LogP contribution in [0.1, 0.15) is 63.4 Å². The number of nitrogens with zero attached hydrogens (tertiary/aromatic N) is 3. The summed E-state index contributed by atoms with van der Waals surface area (Å²) in [6.07, 6.45) is 4.46. The molecule has 34 heavy (non-hydrogen) atoms. The molecule has 0 radical (unpaired) electrons. The Kier molecular flexibility index (Phi) is 6.13. The van der Waals surface area contributed by atoms with Crippen molar-refractivity contribution in [3.63, 3.8) is 0 Å². The number of carbonyl (C=O) groups excluding carboxylic acids is 3. The molecule has 1 fully saturated rings. The zero-order chi connectivity index (χ0) is 23.8. The van der Waals surface area contributed by atoms with Gasteiger partial charge in [-0.05, 0) is 74.5 Å². The molecule has 3 aliphatic rings. The van der Waals surface area contributed by atoms with E-state index in [2.05, 4.69) is 11.0 Å². The summed E-state index contributed by atoms with van der Waals surface area (Å²) >= 11 is 0.